The number of thiophene rings is 1. The number of amides is 1. The van der Waals surface area contributed by atoms with E-state index >= 15 is 0 Å². The van der Waals surface area contributed by atoms with Crippen molar-refractivity contribution in [1.82, 2.24) is 10.3 Å². The largest absolute Gasteiger partial charge is 0.351 e. The SMILES string of the molecule is O=C(NCc1cccs1)C1CN(c2nc3c(F)cccc3s2)C1. The first-order valence-electron chi connectivity index (χ1n) is 7.31. The van der Waals surface area contributed by atoms with Gasteiger partial charge < -0.3 is 10.2 Å². The van der Waals surface area contributed by atoms with Gasteiger partial charge in [-0.05, 0) is 23.6 Å². The number of hydrogen-bond acceptors (Lipinski definition) is 5. The Labute approximate surface area is 140 Å². The highest BCUT2D eigenvalue weighted by molar-refractivity contribution is 7.22. The standard InChI is InChI=1S/C16H14FN3OS2/c17-12-4-1-5-13-14(12)19-16(23-13)20-8-10(9-20)15(21)18-7-11-3-2-6-22-11/h1-6,10H,7-9H2,(H,18,21). The monoisotopic (exact) mass is 347 g/mol. The molecular formula is C16H14FN3OS2. The number of para-hydroxylation sites is 1. The van der Waals surface area contributed by atoms with Crippen LogP contribution in [0.3, 0.4) is 0 Å². The lowest BCUT2D eigenvalue weighted by Crippen LogP contribution is -2.53. The minimum atomic E-state index is -0.296. The van der Waals surface area contributed by atoms with E-state index in [0.717, 1.165) is 14.7 Å². The molecule has 0 saturated carbocycles. The van der Waals surface area contributed by atoms with Crippen molar-refractivity contribution in [2.24, 2.45) is 5.92 Å². The summed E-state index contributed by atoms with van der Waals surface area (Å²) >= 11 is 3.10. The zero-order chi connectivity index (χ0) is 15.8. The second-order valence-electron chi connectivity index (χ2n) is 5.48. The van der Waals surface area contributed by atoms with Crippen LogP contribution in [0.15, 0.2) is 35.7 Å². The first-order valence-corrected chi connectivity index (χ1v) is 9.00. The Kier molecular flexibility index (Phi) is 3.74. The van der Waals surface area contributed by atoms with Gasteiger partial charge in [-0.25, -0.2) is 9.37 Å². The topological polar surface area (TPSA) is 45.2 Å². The molecule has 0 atom stereocenters. The summed E-state index contributed by atoms with van der Waals surface area (Å²) in [5, 5.41) is 5.75. The minimum absolute atomic E-state index is 0.0215. The molecule has 0 aliphatic carbocycles. The highest BCUT2D eigenvalue weighted by Gasteiger charge is 2.34. The zero-order valence-corrected chi connectivity index (χ0v) is 13.8. The van der Waals surface area contributed by atoms with E-state index in [9.17, 15) is 9.18 Å². The van der Waals surface area contributed by atoms with Gasteiger partial charge in [-0.3, -0.25) is 4.79 Å². The van der Waals surface area contributed by atoms with Gasteiger partial charge in [-0.1, -0.05) is 23.5 Å². The van der Waals surface area contributed by atoms with E-state index < -0.39 is 0 Å². The lowest BCUT2D eigenvalue weighted by molar-refractivity contribution is -0.125. The summed E-state index contributed by atoms with van der Waals surface area (Å²) in [6, 6.07) is 8.96. The van der Waals surface area contributed by atoms with Crippen LogP contribution in [-0.2, 0) is 11.3 Å². The molecule has 4 nitrogen and oxygen atoms in total. The van der Waals surface area contributed by atoms with Crippen molar-refractivity contribution in [1.29, 1.82) is 0 Å². The number of carbonyl (C=O) groups excluding carboxylic acids is 1. The van der Waals surface area contributed by atoms with Gasteiger partial charge in [0.15, 0.2) is 5.13 Å². The maximum Gasteiger partial charge on any atom is 0.226 e. The summed E-state index contributed by atoms with van der Waals surface area (Å²) in [5.74, 6) is -0.246. The summed E-state index contributed by atoms with van der Waals surface area (Å²) in [6.45, 7) is 1.86. The van der Waals surface area contributed by atoms with Crippen LogP contribution in [0.2, 0.25) is 0 Å². The highest BCUT2D eigenvalue weighted by Crippen LogP contribution is 2.33. The fourth-order valence-electron chi connectivity index (χ4n) is 2.57. The van der Waals surface area contributed by atoms with Crippen molar-refractivity contribution < 1.29 is 9.18 Å². The normalized spacial score (nSPS) is 14.9. The van der Waals surface area contributed by atoms with E-state index in [0.29, 0.717) is 25.2 Å². The molecule has 3 aromatic rings. The number of nitrogens with one attached hydrogen (secondary N) is 1. The average Bonchev–Trinajstić information content (AvgIpc) is 3.13. The number of carbonyl (C=O) groups is 1. The van der Waals surface area contributed by atoms with Crippen molar-refractivity contribution in [3.63, 3.8) is 0 Å². The van der Waals surface area contributed by atoms with Crippen LogP contribution >= 0.6 is 22.7 Å². The summed E-state index contributed by atoms with van der Waals surface area (Å²) in [7, 11) is 0. The Morgan fingerprint density at radius 2 is 2.22 bits per heavy atom. The Hall–Kier alpha value is -1.99. The van der Waals surface area contributed by atoms with Gasteiger partial charge in [-0.2, -0.15) is 0 Å². The third kappa shape index (κ3) is 2.82. The van der Waals surface area contributed by atoms with E-state index in [2.05, 4.69) is 10.3 Å². The Morgan fingerprint density at radius 3 is 2.96 bits per heavy atom. The van der Waals surface area contributed by atoms with E-state index in [1.807, 2.05) is 28.5 Å². The summed E-state index contributed by atoms with van der Waals surface area (Å²) in [5.41, 5.74) is 0.415. The number of benzene rings is 1. The molecule has 118 valence electrons. The Bertz CT molecular complexity index is 840. The second kappa shape index (κ2) is 5.90. The molecule has 23 heavy (non-hydrogen) atoms. The molecular weight excluding hydrogens is 333 g/mol. The van der Waals surface area contributed by atoms with E-state index in [4.69, 9.17) is 0 Å². The average molecular weight is 347 g/mol. The fraction of sp³-hybridized carbons (Fsp3) is 0.250. The summed E-state index contributed by atoms with van der Waals surface area (Å²) in [4.78, 5) is 19.6. The van der Waals surface area contributed by atoms with Crippen LogP contribution in [0.1, 0.15) is 4.88 Å². The Balaban J connectivity index is 1.36. The predicted molar refractivity (Wildman–Crippen MR) is 91.4 cm³/mol. The van der Waals surface area contributed by atoms with Crippen molar-refractivity contribution >= 4 is 43.9 Å². The molecule has 1 aliphatic rings. The molecule has 0 spiro atoms. The van der Waals surface area contributed by atoms with Crippen LogP contribution in [-0.4, -0.2) is 24.0 Å². The van der Waals surface area contributed by atoms with Gasteiger partial charge in [0.2, 0.25) is 5.91 Å². The maximum atomic E-state index is 13.7. The van der Waals surface area contributed by atoms with Crippen LogP contribution < -0.4 is 10.2 Å². The number of fused-ring (bicyclic) bond motifs is 1. The quantitative estimate of drug-likeness (QED) is 0.788. The van der Waals surface area contributed by atoms with Gasteiger partial charge in [-0.15, -0.1) is 11.3 Å². The number of rotatable bonds is 4. The highest BCUT2D eigenvalue weighted by atomic mass is 32.1. The second-order valence-corrected chi connectivity index (χ2v) is 7.52. The van der Waals surface area contributed by atoms with Crippen LogP contribution in [0, 0.1) is 11.7 Å². The van der Waals surface area contributed by atoms with E-state index in [1.54, 1.807) is 17.4 Å². The molecule has 0 radical (unpaired) electrons. The van der Waals surface area contributed by atoms with Gasteiger partial charge in [0.1, 0.15) is 11.3 Å². The lowest BCUT2D eigenvalue weighted by Gasteiger charge is -2.37. The molecule has 3 heterocycles. The molecule has 1 N–H and O–H groups in total. The van der Waals surface area contributed by atoms with Gasteiger partial charge in [0, 0.05) is 18.0 Å². The third-order valence-corrected chi connectivity index (χ3v) is 5.86. The number of thiazole rings is 1. The molecule has 2 aromatic heterocycles. The molecule has 1 aliphatic heterocycles. The lowest BCUT2D eigenvalue weighted by atomic mass is 10.0. The molecule has 0 unspecified atom stereocenters. The molecule has 0 bridgehead atoms. The zero-order valence-electron chi connectivity index (χ0n) is 12.2. The van der Waals surface area contributed by atoms with E-state index in [-0.39, 0.29) is 17.6 Å². The maximum absolute atomic E-state index is 13.7. The summed E-state index contributed by atoms with van der Waals surface area (Å²) in [6.07, 6.45) is 0. The molecule has 7 heteroatoms. The van der Waals surface area contributed by atoms with Crippen molar-refractivity contribution in [2.75, 3.05) is 18.0 Å². The first kappa shape index (κ1) is 14.6. The van der Waals surface area contributed by atoms with Crippen molar-refractivity contribution in [3.05, 3.63) is 46.4 Å². The van der Waals surface area contributed by atoms with Crippen LogP contribution in [0.4, 0.5) is 9.52 Å². The molecule has 1 fully saturated rings. The first-order chi connectivity index (χ1) is 11.2. The number of aromatic nitrogens is 1. The summed E-state index contributed by atoms with van der Waals surface area (Å²) < 4.78 is 14.5. The fourth-order valence-corrected chi connectivity index (χ4v) is 4.21. The third-order valence-electron chi connectivity index (χ3n) is 3.90. The molecule has 1 amide bonds. The molecule has 4 rings (SSSR count). The van der Waals surface area contributed by atoms with E-state index in [1.165, 1.54) is 17.4 Å². The number of halogens is 1. The Morgan fingerprint density at radius 1 is 1.35 bits per heavy atom. The van der Waals surface area contributed by atoms with Gasteiger partial charge in [0.25, 0.3) is 0 Å². The smallest absolute Gasteiger partial charge is 0.226 e. The van der Waals surface area contributed by atoms with Gasteiger partial charge >= 0.3 is 0 Å². The van der Waals surface area contributed by atoms with Crippen LogP contribution in [0.5, 0.6) is 0 Å². The predicted octanol–water partition coefficient (Wildman–Crippen LogP) is 3.25. The van der Waals surface area contributed by atoms with Gasteiger partial charge in [0.05, 0.1) is 17.2 Å². The molecule has 1 aromatic carbocycles. The number of anilines is 1. The van der Waals surface area contributed by atoms with Crippen molar-refractivity contribution in [2.45, 2.75) is 6.54 Å². The number of hydrogen-bond donors (Lipinski definition) is 1. The minimum Gasteiger partial charge on any atom is -0.351 e. The number of nitrogens with zero attached hydrogens (tertiary/aromatic N) is 2. The molecule has 1 saturated heterocycles. The van der Waals surface area contributed by atoms with Crippen LogP contribution in [0.25, 0.3) is 10.2 Å². The van der Waals surface area contributed by atoms with Crippen molar-refractivity contribution in [3.8, 4) is 0 Å².